The second-order valence-corrected chi connectivity index (χ2v) is 6.02. The van der Waals surface area contributed by atoms with E-state index >= 15 is 0 Å². The van der Waals surface area contributed by atoms with E-state index in [0.29, 0.717) is 18.4 Å². The Morgan fingerprint density at radius 1 is 1.30 bits per heavy atom. The van der Waals surface area contributed by atoms with Crippen molar-refractivity contribution in [2.75, 3.05) is 26.2 Å². The zero-order chi connectivity index (χ0) is 15.1. The van der Waals surface area contributed by atoms with Crippen molar-refractivity contribution in [2.45, 2.75) is 46.5 Å². The Bertz CT molecular complexity index is 331. The lowest BCUT2D eigenvalue weighted by Crippen LogP contribution is -2.46. The molecule has 0 spiro atoms. The van der Waals surface area contributed by atoms with Gasteiger partial charge in [-0.25, -0.2) is 4.79 Å². The van der Waals surface area contributed by atoms with E-state index in [4.69, 9.17) is 5.11 Å². The van der Waals surface area contributed by atoms with Gasteiger partial charge in [-0.1, -0.05) is 20.8 Å². The number of amides is 2. The van der Waals surface area contributed by atoms with Gasteiger partial charge in [-0.05, 0) is 37.5 Å². The molecule has 0 aromatic heterocycles. The molecule has 5 heteroatoms. The average molecular weight is 284 g/mol. The molecule has 5 nitrogen and oxygen atoms in total. The van der Waals surface area contributed by atoms with E-state index in [1.807, 2.05) is 11.8 Å². The zero-order valence-electron chi connectivity index (χ0n) is 13.0. The van der Waals surface area contributed by atoms with Gasteiger partial charge >= 0.3 is 12.0 Å². The van der Waals surface area contributed by atoms with Crippen molar-refractivity contribution in [3.63, 3.8) is 0 Å². The first-order valence-corrected chi connectivity index (χ1v) is 7.71. The second-order valence-electron chi connectivity index (χ2n) is 6.02. The predicted molar refractivity (Wildman–Crippen MR) is 78.6 cm³/mol. The summed E-state index contributed by atoms with van der Waals surface area (Å²) < 4.78 is 0. The van der Waals surface area contributed by atoms with Crippen LogP contribution in [0.3, 0.4) is 0 Å². The topological polar surface area (TPSA) is 60.9 Å². The first-order valence-electron chi connectivity index (χ1n) is 7.71. The third kappa shape index (κ3) is 5.02. The fourth-order valence-electron chi connectivity index (χ4n) is 2.86. The summed E-state index contributed by atoms with van der Waals surface area (Å²) >= 11 is 0. The van der Waals surface area contributed by atoms with E-state index in [1.165, 1.54) is 4.90 Å². The molecule has 116 valence electrons. The zero-order valence-corrected chi connectivity index (χ0v) is 13.0. The minimum absolute atomic E-state index is 0.112. The molecule has 0 aromatic carbocycles. The quantitative estimate of drug-likeness (QED) is 0.844. The van der Waals surface area contributed by atoms with E-state index in [0.717, 1.165) is 38.8 Å². The molecule has 1 atom stereocenters. The molecule has 0 radical (unpaired) electrons. The number of likely N-dealkylation sites (tertiary alicyclic amines) is 1. The van der Waals surface area contributed by atoms with Crippen molar-refractivity contribution < 1.29 is 14.7 Å². The van der Waals surface area contributed by atoms with Gasteiger partial charge < -0.3 is 14.9 Å². The van der Waals surface area contributed by atoms with Crippen molar-refractivity contribution >= 4 is 12.0 Å². The Hall–Kier alpha value is -1.26. The number of aliphatic carboxylic acids is 1. The van der Waals surface area contributed by atoms with Crippen LogP contribution in [0.15, 0.2) is 0 Å². The van der Waals surface area contributed by atoms with Gasteiger partial charge in [-0.15, -0.1) is 0 Å². The Kier molecular flexibility index (Phi) is 6.82. The number of carboxylic acids is 1. The highest BCUT2D eigenvalue weighted by Crippen LogP contribution is 2.25. The summed E-state index contributed by atoms with van der Waals surface area (Å²) in [5.74, 6) is 0.379. The average Bonchev–Trinajstić information content (AvgIpc) is 2.62. The predicted octanol–water partition coefficient (Wildman–Crippen LogP) is 2.66. The van der Waals surface area contributed by atoms with Gasteiger partial charge in [0, 0.05) is 19.6 Å². The lowest BCUT2D eigenvalue weighted by atomic mass is 9.89. The third-order valence-electron chi connectivity index (χ3n) is 4.08. The van der Waals surface area contributed by atoms with Crippen molar-refractivity contribution in [3.8, 4) is 0 Å². The SMILES string of the molecule is CCCN(CC(=O)O)C(=O)N1CCCC(C(C)C)CC1. The number of nitrogens with zero attached hydrogens (tertiary/aromatic N) is 2. The van der Waals surface area contributed by atoms with Gasteiger partial charge in [0.05, 0.1) is 0 Å². The first kappa shape index (κ1) is 16.8. The molecule has 1 fully saturated rings. The summed E-state index contributed by atoms with van der Waals surface area (Å²) in [4.78, 5) is 26.6. The summed E-state index contributed by atoms with van der Waals surface area (Å²) in [6, 6.07) is -0.112. The van der Waals surface area contributed by atoms with Gasteiger partial charge in [0.1, 0.15) is 6.54 Å². The second kappa shape index (κ2) is 8.12. The molecule has 20 heavy (non-hydrogen) atoms. The van der Waals surface area contributed by atoms with Crippen molar-refractivity contribution in [1.82, 2.24) is 9.80 Å². The molecule has 1 N–H and O–H groups in total. The minimum atomic E-state index is -0.943. The maximum atomic E-state index is 12.4. The van der Waals surface area contributed by atoms with Gasteiger partial charge in [0.2, 0.25) is 0 Å². The van der Waals surface area contributed by atoms with Crippen molar-refractivity contribution in [2.24, 2.45) is 11.8 Å². The molecular weight excluding hydrogens is 256 g/mol. The fourth-order valence-corrected chi connectivity index (χ4v) is 2.86. The number of hydrogen-bond acceptors (Lipinski definition) is 2. The maximum Gasteiger partial charge on any atom is 0.323 e. The summed E-state index contributed by atoms with van der Waals surface area (Å²) in [5, 5.41) is 8.92. The van der Waals surface area contributed by atoms with Crippen molar-refractivity contribution in [1.29, 1.82) is 0 Å². The monoisotopic (exact) mass is 284 g/mol. The molecule has 0 aromatic rings. The number of carboxylic acid groups (broad SMARTS) is 1. The van der Waals surface area contributed by atoms with Gasteiger partial charge in [0.15, 0.2) is 0 Å². The minimum Gasteiger partial charge on any atom is -0.480 e. The number of carbonyl (C=O) groups is 2. The molecule has 1 rings (SSSR count). The first-order chi connectivity index (χ1) is 9.45. The van der Waals surface area contributed by atoms with E-state index in [1.54, 1.807) is 0 Å². The van der Waals surface area contributed by atoms with Crippen LogP contribution in [-0.2, 0) is 4.79 Å². The van der Waals surface area contributed by atoms with Crippen LogP contribution >= 0.6 is 0 Å². The Morgan fingerprint density at radius 2 is 2.00 bits per heavy atom. The fraction of sp³-hybridized carbons (Fsp3) is 0.867. The third-order valence-corrected chi connectivity index (χ3v) is 4.08. The molecule has 1 aliphatic rings. The molecule has 0 bridgehead atoms. The number of rotatable bonds is 5. The highest BCUT2D eigenvalue weighted by molar-refractivity contribution is 5.80. The maximum absolute atomic E-state index is 12.4. The summed E-state index contributed by atoms with van der Waals surface area (Å²) in [5.41, 5.74) is 0. The van der Waals surface area contributed by atoms with Gasteiger partial charge in [-0.3, -0.25) is 4.79 Å². The standard InChI is InChI=1S/C15H28N2O3/c1-4-8-17(11-14(18)19)15(20)16-9-5-6-13(7-10-16)12(2)3/h12-13H,4-11H2,1-3H3,(H,18,19). The molecule has 1 aliphatic heterocycles. The Labute approximate surface area is 121 Å². The van der Waals surface area contributed by atoms with E-state index in [9.17, 15) is 9.59 Å². The molecule has 1 heterocycles. The molecule has 1 unspecified atom stereocenters. The van der Waals surface area contributed by atoms with Crippen LogP contribution in [-0.4, -0.2) is 53.1 Å². The largest absolute Gasteiger partial charge is 0.480 e. The van der Waals surface area contributed by atoms with Crippen LogP contribution in [0.2, 0.25) is 0 Å². The molecule has 1 saturated heterocycles. The smallest absolute Gasteiger partial charge is 0.323 e. The normalized spacial score (nSPS) is 19.8. The van der Waals surface area contributed by atoms with E-state index in [2.05, 4.69) is 13.8 Å². The molecule has 2 amide bonds. The van der Waals surface area contributed by atoms with Crippen molar-refractivity contribution in [3.05, 3.63) is 0 Å². The summed E-state index contributed by atoms with van der Waals surface area (Å²) in [7, 11) is 0. The highest BCUT2D eigenvalue weighted by Gasteiger charge is 2.26. The lowest BCUT2D eigenvalue weighted by Gasteiger charge is -2.29. The molecule has 0 saturated carbocycles. The summed E-state index contributed by atoms with van der Waals surface area (Å²) in [6.07, 6.45) is 3.98. The molecular formula is C15H28N2O3. The Morgan fingerprint density at radius 3 is 2.55 bits per heavy atom. The lowest BCUT2D eigenvalue weighted by molar-refractivity contribution is -0.137. The van der Waals surface area contributed by atoms with Crippen LogP contribution in [0, 0.1) is 11.8 Å². The van der Waals surface area contributed by atoms with Crippen LogP contribution < -0.4 is 0 Å². The van der Waals surface area contributed by atoms with Crippen LogP contribution in [0.1, 0.15) is 46.5 Å². The Balaban J connectivity index is 2.62. The van der Waals surface area contributed by atoms with Crippen LogP contribution in [0.25, 0.3) is 0 Å². The number of carbonyl (C=O) groups excluding carboxylic acids is 1. The van der Waals surface area contributed by atoms with Gasteiger partial charge in [-0.2, -0.15) is 0 Å². The molecule has 0 aliphatic carbocycles. The highest BCUT2D eigenvalue weighted by atomic mass is 16.4. The van der Waals surface area contributed by atoms with E-state index < -0.39 is 5.97 Å². The number of hydrogen-bond donors (Lipinski definition) is 1. The summed E-state index contributed by atoms with van der Waals surface area (Å²) in [6.45, 7) is 8.24. The van der Waals surface area contributed by atoms with Crippen LogP contribution in [0.5, 0.6) is 0 Å². The van der Waals surface area contributed by atoms with E-state index in [-0.39, 0.29) is 12.6 Å². The number of urea groups is 1. The van der Waals surface area contributed by atoms with Crippen LogP contribution in [0.4, 0.5) is 4.79 Å². The van der Waals surface area contributed by atoms with Gasteiger partial charge in [0.25, 0.3) is 0 Å².